The van der Waals surface area contributed by atoms with Gasteiger partial charge in [0.1, 0.15) is 0 Å². The smallest absolute Gasteiger partial charge is 0.0734 e. The SMILES string of the molecule is Cc1ccc(CN2CCC3(CC2)CC(C)(O)CCO3)c2ccccc12. The Kier molecular flexibility index (Phi) is 4.35. The lowest BCUT2D eigenvalue weighted by atomic mass is 9.78. The third-order valence-corrected chi connectivity index (χ3v) is 6.15. The Labute approximate surface area is 150 Å². The fourth-order valence-corrected chi connectivity index (χ4v) is 4.65. The molecule has 2 fully saturated rings. The van der Waals surface area contributed by atoms with Crippen molar-refractivity contribution < 1.29 is 9.84 Å². The largest absolute Gasteiger partial charge is 0.390 e. The molecule has 2 aromatic carbocycles. The highest BCUT2D eigenvalue weighted by Gasteiger charge is 2.44. The van der Waals surface area contributed by atoms with Crippen LogP contribution in [0.2, 0.25) is 0 Å². The summed E-state index contributed by atoms with van der Waals surface area (Å²) in [7, 11) is 0. The number of rotatable bonds is 2. The van der Waals surface area contributed by atoms with Gasteiger partial charge in [0.2, 0.25) is 0 Å². The fraction of sp³-hybridized carbons (Fsp3) is 0.545. The molecule has 25 heavy (non-hydrogen) atoms. The van der Waals surface area contributed by atoms with Crippen molar-refractivity contribution >= 4 is 10.8 Å². The Morgan fingerprint density at radius 3 is 2.48 bits per heavy atom. The van der Waals surface area contributed by atoms with Gasteiger partial charge in [-0.05, 0) is 55.0 Å². The molecule has 0 saturated carbocycles. The Morgan fingerprint density at radius 2 is 1.76 bits per heavy atom. The summed E-state index contributed by atoms with van der Waals surface area (Å²) in [5.41, 5.74) is 2.09. The lowest BCUT2D eigenvalue weighted by Gasteiger charge is -2.48. The van der Waals surface area contributed by atoms with Gasteiger partial charge in [0.15, 0.2) is 0 Å². The Hall–Kier alpha value is -1.42. The molecule has 2 saturated heterocycles. The molecule has 0 bridgehead atoms. The van der Waals surface area contributed by atoms with E-state index >= 15 is 0 Å². The van der Waals surface area contributed by atoms with E-state index in [0.29, 0.717) is 6.61 Å². The predicted molar refractivity (Wildman–Crippen MR) is 102 cm³/mol. The third kappa shape index (κ3) is 3.46. The van der Waals surface area contributed by atoms with Crippen molar-refractivity contribution in [3.63, 3.8) is 0 Å². The first-order valence-corrected chi connectivity index (χ1v) is 9.52. The average Bonchev–Trinajstić information content (AvgIpc) is 2.59. The van der Waals surface area contributed by atoms with Crippen molar-refractivity contribution in [1.82, 2.24) is 4.90 Å². The van der Waals surface area contributed by atoms with Crippen molar-refractivity contribution in [3.8, 4) is 0 Å². The van der Waals surface area contributed by atoms with E-state index in [-0.39, 0.29) is 5.60 Å². The monoisotopic (exact) mass is 339 g/mol. The Balaban J connectivity index is 1.47. The van der Waals surface area contributed by atoms with Gasteiger partial charge in [0.05, 0.1) is 17.8 Å². The maximum absolute atomic E-state index is 10.4. The minimum absolute atomic E-state index is 0.104. The average molecular weight is 339 g/mol. The van der Waals surface area contributed by atoms with E-state index in [1.54, 1.807) is 0 Å². The molecule has 134 valence electrons. The van der Waals surface area contributed by atoms with Crippen LogP contribution in [0.4, 0.5) is 0 Å². The second kappa shape index (κ2) is 6.39. The molecule has 2 aliphatic heterocycles. The Bertz CT molecular complexity index is 760. The molecule has 3 heteroatoms. The van der Waals surface area contributed by atoms with Crippen LogP contribution in [0.15, 0.2) is 36.4 Å². The molecule has 1 unspecified atom stereocenters. The molecule has 3 nitrogen and oxygen atoms in total. The number of benzene rings is 2. The van der Waals surface area contributed by atoms with E-state index in [2.05, 4.69) is 48.2 Å². The van der Waals surface area contributed by atoms with Crippen molar-refractivity contribution in [1.29, 1.82) is 0 Å². The van der Waals surface area contributed by atoms with Gasteiger partial charge < -0.3 is 9.84 Å². The highest BCUT2D eigenvalue weighted by atomic mass is 16.5. The molecule has 4 rings (SSSR count). The highest BCUT2D eigenvalue weighted by molar-refractivity contribution is 5.88. The molecule has 2 aromatic rings. The molecule has 2 heterocycles. The number of nitrogens with zero attached hydrogens (tertiary/aromatic N) is 1. The summed E-state index contributed by atoms with van der Waals surface area (Å²) < 4.78 is 6.14. The van der Waals surface area contributed by atoms with Crippen molar-refractivity contribution in [3.05, 3.63) is 47.5 Å². The number of aryl methyl sites for hydroxylation is 1. The molecule has 0 aromatic heterocycles. The van der Waals surface area contributed by atoms with Crippen LogP contribution < -0.4 is 0 Å². The standard InChI is InChI=1S/C22H29NO2/c1-17-7-8-18(20-6-4-3-5-19(17)20)15-23-12-9-22(10-13-23)16-21(2,24)11-14-25-22/h3-8,24H,9-16H2,1-2H3. The highest BCUT2D eigenvalue weighted by Crippen LogP contribution is 2.39. The summed E-state index contributed by atoms with van der Waals surface area (Å²) in [6.45, 7) is 7.91. The molecule has 0 amide bonds. The molecule has 2 aliphatic rings. The van der Waals surface area contributed by atoms with Crippen LogP contribution >= 0.6 is 0 Å². The molecular weight excluding hydrogens is 310 g/mol. The summed E-state index contributed by atoms with van der Waals surface area (Å²) >= 11 is 0. The Morgan fingerprint density at radius 1 is 1.04 bits per heavy atom. The van der Waals surface area contributed by atoms with E-state index in [1.807, 2.05) is 6.92 Å². The van der Waals surface area contributed by atoms with E-state index in [9.17, 15) is 5.11 Å². The van der Waals surface area contributed by atoms with Crippen LogP contribution in [-0.2, 0) is 11.3 Å². The summed E-state index contributed by atoms with van der Waals surface area (Å²) in [4.78, 5) is 2.54. The van der Waals surface area contributed by atoms with Gasteiger partial charge in [-0.3, -0.25) is 4.90 Å². The first-order valence-electron chi connectivity index (χ1n) is 9.52. The second-order valence-corrected chi connectivity index (χ2v) is 8.32. The number of likely N-dealkylation sites (tertiary alicyclic amines) is 1. The normalized spacial score (nSPS) is 27.0. The van der Waals surface area contributed by atoms with E-state index in [0.717, 1.165) is 45.3 Å². The van der Waals surface area contributed by atoms with Crippen LogP contribution in [0.25, 0.3) is 10.8 Å². The van der Waals surface area contributed by atoms with Crippen molar-refractivity contribution in [2.45, 2.75) is 57.3 Å². The number of hydrogen-bond acceptors (Lipinski definition) is 3. The number of aliphatic hydroxyl groups is 1. The summed E-state index contributed by atoms with van der Waals surface area (Å²) in [5.74, 6) is 0. The van der Waals surface area contributed by atoms with E-state index in [1.165, 1.54) is 21.9 Å². The topological polar surface area (TPSA) is 32.7 Å². The van der Waals surface area contributed by atoms with Gasteiger partial charge >= 0.3 is 0 Å². The predicted octanol–water partition coefficient (Wildman–Crippen LogP) is 4.04. The zero-order valence-electron chi connectivity index (χ0n) is 15.4. The molecule has 0 aliphatic carbocycles. The van der Waals surface area contributed by atoms with E-state index < -0.39 is 5.60 Å². The molecule has 1 spiro atoms. The van der Waals surface area contributed by atoms with Gasteiger partial charge in [0.25, 0.3) is 0 Å². The van der Waals surface area contributed by atoms with Gasteiger partial charge in [0, 0.05) is 26.1 Å². The van der Waals surface area contributed by atoms with E-state index in [4.69, 9.17) is 4.74 Å². The summed E-state index contributed by atoms with van der Waals surface area (Å²) in [6.07, 6.45) is 3.58. The molecule has 1 atom stereocenters. The quantitative estimate of drug-likeness (QED) is 0.896. The summed E-state index contributed by atoms with van der Waals surface area (Å²) in [5, 5.41) is 13.2. The number of piperidine rings is 1. The van der Waals surface area contributed by atoms with Crippen LogP contribution in [0.1, 0.15) is 43.7 Å². The minimum Gasteiger partial charge on any atom is -0.390 e. The molecular formula is C22H29NO2. The van der Waals surface area contributed by atoms with Gasteiger partial charge in [-0.25, -0.2) is 0 Å². The van der Waals surface area contributed by atoms with Crippen molar-refractivity contribution in [2.24, 2.45) is 0 Å². The minimum atomic E-state index is -0.562. The lowest BCUT2D eigenvalue weighted by molar-refractivity contribution is -0.173. The van der Waals surface area contributed by atoms with Crippen LogP contribution in [0, 0.1) is 6.92 Å². The van der Waals surface area contributed by atoms with Crippen LogP contribution in [-0.4, -0.2) is 40.9 Å². The zero-order chi connectivity index (χ0) is 17.5. The maximum Gasteiger partial charge on any atom is 0.0734 e. The van der Waals surface area contributed by atoms with Crippen LogP contribution in [0.3, 0.4) is 0 Å². The van der Waals surface area contributed by atoms with Gasteiger partial charge in [-0.1, -0.05) is 36.4 Å². The van der Waals surface area contributed by atoms with Crippen molar-refractivity contribution in [2.75, 3.05) is 19.7 Å². The van der Waals surface area contributed by atoms with Gasteiger partial charge in [-0.2, -0.15) is 0 Å². The first kappa shape index (κ1) is 17.0. The fourth-order valence-electron chi connectivity index (χ4n) is 4.65. The first-order chi connectivity index (χ1) is 12.0. The third-order valence-electron chi connectivity index (χ3n) is 6.15. The molecule has 0 radical (unpaired) electrons. The van der Waals surface area contributed by atoms with Crippen LogP contribution in [0.5, 0.6) is 0 Å². The number of fused-ring (bicyclic) bond motifs is 1. The van der Waals surface area contributed by atoms with Gasteiger partial charge in [-0.15, -0.1) is 0 Å². The maximum atomic E-state index is 10.4. The number of ether oxygens (including phenoxy) is 1. The molecule has 1 N–H and O–H groups in total. The summed E-state index contributed by atoms with van der Waals surface area (Å²) in [6, 6.07) is 13.2. The second-order valence-electron chi connectivity index (χ2n) is 8.32. The lowest BCUT2D eigenvalue weighted by Crippen LogP contribution is -2.53. The zero-order valence-corrected chi connectivity index (χ0v) is 15.4. The number of hydrogen-bond donors (Lipinski definition) is 1.